The smallest absolute Gasteiger partial charge is 0.209 e. The molecule has 1 aliphatic rings. The second kappa shape index (κ2) is 4.09. The minimum atomic E-state index is -0.0137. The highest BCUT2D eigenvalue weighted by atomic mass is 16.1. The maximum Gasteiger partial charge on any atom is 0.209 e. The lowest BCUT2D eigenvalue weighted by molar-refractivity contribution is 0.106. The number of nitrogens with zero attached hydrogens (tertiary/aromatic N) is 2. The third-order valence-electron chi connectivity index (χ3n) is 2.19. The van der Waals surface area contributed by atoms with Crippen molar-refractivity contribution in [1.82, 2.24) is 4.90 Å². The fraction of sp³-hybridized carbons (Fsp3) is 0.167. The van der Waals surface area contributed by atoms with Crippen molar-refractivity contribution in [3.8, 4) is 0 Å². The molecule has 0 atom stereocenters. The second-order valence-corrected chi connectivity index (χ2v) is 3.41. The van der Waals surface area contributed by atoms with E-state index < -0.39 is 0 Å². The molecule has 0 aliphatic carbocycles. The Kier molecular flexibility index (Phi) is 2.63. The molecule has 0 fully saturated rings. The summed E-state index contributed by atoms with van der Waals surface area (Å²) in [5.41, 5.74) is 1.24. The molecule has 0 bridgehead atoms. The topological polar surface area (TPSA) is 32.7 Å². The number of benzene rings is 1. The molecule has 0 saturated carbocycles. The molecule has 0 saturated heterocycles. The molecule has 1 radical (unpaired) electrons. The summed E-state index contributed by atoms with van der Waals surface area (Å²) in [7, 11) is 1.91. The van der Waals surface area contributed by atoms with Crippen LogP contribution in [-0.2, 0) is 0 Å². The van der Waals surface area contributed by atoms with Gasteiger partial charge in [-0.2, -0.15) is 0 Å². The number of aliphatic imine (C=N–C) groups is 1. The number of ketones is 1. The monoisotopic (exact) mass is 199 g/mol. The lowest BCUT2D eigenvalue weighted by Crippen LogP contribution is -2.29. The molecule has 0 amide bonds. The van der Waals surface area contributed by atoms with Crippen molar-refractivity contribution < 1.29 is 4.79 Å². The molecule has 0 spiro atoms. The minimum absolute atomic E-state index is 0.0137. The molecule has 3 nitrogen and oxygen atoms in total. The van der Waals surface area contributed by atoms with E-state index in [1.54, 1.807) is 30.5 Å². The Balaban J connectivity index is 2.23. The Hall–Kier alpha value is -1.90. The predicted octanol–water partition coefficient (Wildman–Crippen LogP) is 1.53. The van der Waals surface area contributed by atoms with E-state index in [1.807, 2.05) is 18.1 Å². The zero-order valence-electron chi connectivity index (χ0n) is 8.47. The van der Waals surface area contributed by atoms with Crippen LogP contribution in [0, 0.1) is 6.07 Å². The third kappa shape index (κ3) is 2.13. The van der Waals surface area contributed by atoms with Crippen LogP contribution in [0.25, 0.3) is 0 Å². The highest BCUT2D eigenvalue weighted by Crippen LogP contribution is 2.05. The van der Waals surface area contributed by atoms with Gasteiger partial charge in [0, 0.05) is 25.0 Å². The summed E-state index contributed by atoms with van der Waals surface area (Å²) in [5.74, 6) is -0.0137. The van der Waals surface area contributed by atoms with Gasteiger partial charge in [-0.05, 0) is 6.07 Å². The summed E-state index contributed by atoms with van der Waals surface area (Å²) in [4.78, 5) is 18.0. The molecule has 1 heterocycles. The Morgan fingerprint density at radius 1 is 1.47 bits per heavy atom. The van der Waals surface area contributed by atoms with Crippen molar-refractivity contribution in [3.63, 3.8) is 0 Å². The fourth-order valence-electron chi connectivity index (χ4n) is 1.40. The van der Waals surface area contributed by atoms with Crippen molar-refractivity contribution in [2.24, 2.45) is 4.99 Å². The van der Waals surface area contributed by atoms with Crippen LogP contribution in [-0.4, -0.2) is 30.0 Å². The first-order chi connectivity index (χ1) is 7.27. The van der Waals surface area contributed by atoms with Crippen LogP contribution < -0.4 is 0 Å². The van der Waals surface area contributed by atoms with Gasteiger partial charge >= 0.3 is 0 Å². The van der Waals surface area contributed by atoms with Gasteiger partial charge in [0.15, 0.2) is 0 Å². The van der Waals surface area contributed by atoms with Gasteiger partial charge < -0.3 is 4.90 Å². The molecule has 0 aromatic heterocycles. The van der Waals surface area contributed by atoms with Crippen LogP contribution in [0.5, 0.6) is 0 Å². The Labute approximate surface area is 88.7 Å². The first-order valence-electron chi connectivity index (χ1n) is 4.72. The van der Waals surface area contributed by atoms with E-state index in [0.29, 0.717) is 17.8 Å². The zero-order chi connectivity index (χ0) is 10.7. The normalized spacial score (nSPS) is 15.0. The van der Waals surface area contributed by atoms with E-state index in [4.69, 9.17) is 0 Å². The summed E-state index contributed by atoms with van der Waals surface area (Å²) >= 11 is 0. The number of rotatable bonds is 2. The number of hydrogen-bond donors (Lipinski definition) is 0. The van der Waals surface area contributed by atoms with E-state index in [1.165, 1.54) is 0 Å². The van der Waals surface area contributed by atoms with Gasteiger partial charge in [-0.15, -0.1) is 0 Å². The number of carbonyl (C=O) groups is 1. The second-order valence-electron chi connectivity index (χ2n) is 3.41. The van der Waals surface area contributed by atoms with Crippen molar-refractivity contribution in [2.45, 2.75) is 0 Å². The molecule has 2 rings (SSSR count). The van der Waals surface area contributed by atoms with Crippen molar-refractivity contribution in [1.29, 1.82) is 0 Å². The third-order valence-corrected chi connectivity index (χ3v) is 2.19. The van der Waals surface area contributed by atoms with E-state index in [0.717, 1.165) is 0 Å². The van der Waals surface area contributed by atoms with Crippen molar-refractivity contribution in [2.75, 3.05) is 13.6 Å². The predicted molar refractivity (Wildman–Crippen MR) is 58.8 cm³/mol. The number of hydrogen-bond acceptors (Lipinski definition) is 3. The van der Waals surface area contributed by atoms with Gasteiger partial charge in [-0.25, -0.2) is 0 Å². The highest BCUT2D eigenvalue weighted by Gasteiger charge is 2.15. The molecular formula is C12H11N2O. The van der Waals surface area contributed by atoms with Gasteiger partial charge in [0.1, 0.15) is 5.71 Å². The van der Waals surface area contributed by atoms with E-state index >= 15 is 0 Å². The minimum Gasteiger partial charge on any atom is -0.373 e. The first kappa shape index (κ1) is 9.65. The summed E-state index contributed by atoms with van der Waals surface area (Å²) in [5, 5.41) is 0. The molecule has 15 heavy (non-hydrogen) atoms. The number of carbonyl (C=O) groups excluding carboxylic acids is 1. The summed E-state index contributed by atoms with van der Waals surface area (Å²) in [6.45, 7) is 0.563. The molecular weight excluding hydrogens is 188 g/mol. The SMILES string of the molecule is CN1C=CN=C(C(=O)c2cc[c]cc2)C1. The van der Waals surface area contributed by atoms with E-state index in [9.17, 15) is 4.79 Å². The van der Waals surface area contributed by atoms with Crippen LogP contribution in [0.4, 0.5) is 0 Å². The standard InChI is InChI=1S/C12H11N2O/c1-14-8-7-13-11(9-14)12(15)10-5-3-2-4-6-10/h3-8H,9H2,1H3. The fourth-order valence-corrected chi connectivity index (χ4v) is 1.40. The van der Waals surface area contributed by atoms with Gasteiger partial charge in [0.05, 0.1) is 6.54 Å². The molecule has 75 valence electrons. The lowest BCUT2D eigenvalue weighted by Gasteiger charge is -2.17. The Bertz CT molecular complexity index is 421. The summed E-state index contributed by atoms with van der Waals surface area (Å²) < 4.78 is 0. The first-order valence-corrected chi connectivity index (χ1v) is 4.72. The van der Waals surface area contributed by atoms with Crippen molar-refractivity contribution in [3.05, 3.63) is 48.3 Å². The van der Waals surface area contributed by atoms with Crippen LogP contribution >= 0.6 is 0 Å². The maximum atomic E-state index is 11.9. The molecule has 0 unspecified atom stereocenters. The lowest BCUT2D eigenvalue weighted by atomic mass is 10.1. The van der Waals surface area contributed by atoms with Gasteiger partial charge in [0.25, 0.3) is 0 Å². The van der Waals surface area contributed by atoms with Crippen LogP contribution in [0.3, 0.4) is 0 Å². The van der Waals surface area contributed by atoms with Crippen LogP contribution in [0.2, 0.25) is 0 Å². The number of Topliss-reactive ketones (excluding diaryl/α,β-unsaturated/α-hetero) is 1. The molecule has 3 heteroatoms. The average Bonchev–Trinajstić information content (AvgIpc) is 2.29. The Morgan fingerprint density at radius 2 is 2.20 bits per heavy atom. The van der Waals surface area contributed by atoms with Gasteiger partial charge in [-0.1, -0.05) is 24.3 Å². The summed E-state index contributed by atoms with van der Waals surface area (Å²) in [6, 6.07) is 9.85. The molecule has 1 aliphatic heterocycles. The average molecular weight is 199 g/mol. The molecule has 1 aromatic rings. The largest absolute Gasteiger partial charge is 0.373 e. The quantitative estimate of drug-likeness (QED) is 0.676. The van der Waals surface area contributed by atoms with Gasteiger partial charge in [-0.3, -0.25) is 9.79 Å². The van der Waals surface area contributed by atoms with E-state index in [2.05, 4.69) is 11.1 Å². The maximum absolute atomic E-state index is 11.9. The highest BCUT2D eigenvalue weighted by molar-refractivity contribution is 6.46. The van der Waals surface area contributed by atoms with E-state index in [-0.39, 0.29) is 5.78 Å². The summed E-state index contributed by atoms with van der Waals surface area (Å²) in [6.07, 6.45) is 3.49. The zero-order valence-corrected chi connectivity index (χ0v) is 8.47. The van der Waals surface area contributed by atoms with Crippen LogP contribution in [0.15, 0.2) is 41.7 Å². The van der Waals surface area contributed by atoms with Gasteiger partial charge in [0.2, 0.25) is 5.78 Å². The van der Waals surface area contributed by atoms with Crippen LogP contribution in [0.1, 0.15) is 10.4 Å². The molecule has 1 aromatic carbocycles. The molecule has 0 N–H and O–H groups in total. The van der Waals surface area contributed by atoms with Crippen molar-refractivity contribution >= 4 is 11.5 Å². The Morgan fingerprint density at radius 3 is 2.87 bits per heavy atom.